The molecule has 0 atom stereocenters. The van der Waals surface area contributed by atoms with Crippen molar-refractivity contribution in [1.82, 2.24) is 0 Å². The van der Waals surface area contributed by atoms with Crippen LogP contribution in [0.4, 0.5) is 5.69 Å². The van der Waals surface area contributed by atoms with Crippen LogP contribution in [0.5, 0.6) is 0 Å². The van der Waals surface area contributed by atoms with E-state index in [1.165, 1.54) is 18.6 Å². The molecule has 0 aliphatic heterocycles. The van der Waals surface area contributed by atoms with E-state index in [4.69, 9.17) is 5.14 Å². The number of hydrogen-bond donors (Lipinski definition) is 2. The minimum atomic E-state index is -4.01. The quantitative estimate of drug-likeness (QED) is 0.812. The number of aryl methyl sites for hydroxylation is 1. The summed E-state index contributed by atoms with van der Waals surface area (Å²) in [5, 5.41) is 9.05. The van der Waals surface area contributed by atoms with Crippen molar-refractivity contribution in [1.29, 1.82) is 0 Å². The van der Waals surface area contributed by atoms with Crippen LogP contribution < -0.4 is 10.5 Å². The number of sulfonamides is 1. The Morgan fingerprint density at radius 1 is 1.26 bits per heavy atom. The molecule has 0 fully saturated rings. The van der Waals surface area contributed by atoms with Crippen molar-refractivity contribution in [2.45, 2.75) is 11.8 Å². The van der Waals surface area contributed by atoms with Gasteiger partial charge in [-0.15, -0.1) is 11.3 Å². The fourth-order valence-electron chi connectivity index (χ4n) is 1.91. The molecule has 23 heavy (non-hydrogen) atoms. The number of amides is 1. The second-order valence-electron chi connectivity index (χ2n) is 4.65. The van der Waals surface area contributed by atoms with E-state index < -0.39 is 21.9 Å². The van der Waals surface area contributed by atoms with Gasteiger partial charge in [0.25, 0.3) is 5.91 Å². The van der Waals surface area contributed by atoms with Gasteiger partial charge in [-0.05, 0) is 30.5 Å². The van der Waals surface area contributed by atoms with Crippen molar-refractivity contribution in [3.8, 4) is 0 Å². The van der Waals surface area contributed by atoms with E-state index in [0.717, 1.165) is 16.9 Å². The Bertz CT molecular complexity index is 871. The van der Waals surface area contributed by atoms with Crippen LogP contribution in [-0.4, -0.2) is 27.4 Å². The fraction of sp³-hybridized carbons (Fsp3) is 0.143. The summed E-state index contributed by atoms with van der Waals surface area (Å²) in [6, 6.07) is 6.07. The number of nitrogens with one attached hydrogen (secondary N) is 1. The number of ether oxygens (including phenoxy) is 1. The largest absolute Gasteiger partial charge is 0.465 e. The molecule has 0 unspecified atom stereocenters. The van der Waals surface area contributed by atoms with Crippen LogP contribution in [0.15, 0.2) is 34.5 Å². The van der Waals surface area contributed by atoms with Gasteiger partial charge in [-0.25, -0.2) is 18.4 Å². The molecular formula is C14H14N2O5S2. The molecule has 1 amide bonds. The van der Waals surface area contributed by atoms with E-state index in [1.54, 1.807) is 25.1 Å². The summed E-state index contributed by atoms with van der Waals surface area (Å²) in [6.45, 7) is 1.79. The smallest absolute Gasteiger partial charge is 0.339 e. The Morgan fingerprint density at radius 2 is 1.96 bits per heavy atom. The lowest BCUT2D eigenvalue weighted by molar-refractivity contribution is 0.0602. The molecule has 2 aromatic rings. The van der Waals surface area contributed by atoms with E-state index in [0.29, 0.717) is 0 Å². The molecule has 0 saturated heterocycles. The topological polar surface area (TPSA) is 116 Å². The minimum absolute atomic E-state index is 0.0520. The number of hydrogen-bond acceptors (Lipinski definition) is 6. The van der Waals surface area contributed by atoms with Gasteiger partial charge in [0.15, 0.2) is 0 Å². The predicted octanol–water partition coefficient (Wildman–Crippen LogP) is 1.74. The van der Waals surface area contributed by atoms with Crippen LogP contribution >= 0.6 is 11.3 Å². The Hall–Kier alpha value is -2.23. The second-order valence-corrected chi connectivity index (χ2v) is 7.10. The van der Waals surface area contributed by atoms with Crippen LogP contribution in [0.3, 0.4) is 0 Å². The van der Waals surface area contributed by atoms with Gasteiger partial charge in [0.1, 0.15) is 9.77 Å². The zero-order valence-corrected chi connectivity index (χ0v) is 14.0. The molecule has 7 nitrogen and oxygen atoms in total. The molecule has 0 aliphatic carbocycles. The summed E-state index contributed by atoms with van der Waals surface area (Å²) < 4.78 is 27.6. The molecule has 1 aromatic heterocycles. The second kappa shape index (κ2) is 6.49. The maximum Gasteiger partial charge on any atom is 0.339 e. The van der Waals surface area contributed by atoms with Crippen LogP contribution in [0.25, 0.3) is 0 Å². The lowest BCUT2D eigenvalue weighted by Gasteiger charge is -2.10. The van der Waals surface area contributed by atoms with Crippen LogP contribution in [-0.2, 0) is 14.8 Å². The van der Waals surface area contributed by atoms with E-state index >= 15 is 0 Å². The summed E-state index contributed by atoms with van der Waals surface area (Å²) in [4.78, 5) is 23.8. The summed E-state index contributed by atoms with van der Waals surface area (Å²) in [7, 11) is -2.78. The number of rotatable bonds is 4. The third kappa shape index (κ3) is 3.76. The molecule has 0 radical (unpaired) electrons. The Balaban J connectivity index is 2.39. The van der Waals surface area contributed by atoms with E-state index in [-0.39, 0.29) is 21.0 Å². The van der Waals surface area contributed by atoms with Gasteiger partial charge in [0.2, 0.25) is 10.0 Å². The maximum absolute atomic E-state index is 12.3. The van der Waals surface area contributed by atoms with Crippen molar-refractivity contribution in [2.24, 2.45) is 5.14 Å². The lowest BCUT2D eigenvalue weighted by atomic mass is 10.1. The highest BCUT2D eigenvalue weighted by atomic mass is 32.2. The summed E-state index contributed by atoms with van der Waals surface area (Å²) in [6.07, 6.45) is 0. The third-order valence-electron chi connectivity index (χ3n) is 2.97. The highest BCUT2D eigenvalue weighted by molar-refractivity contribution is 7.89. The van der Waals surface area contributed by atoms with Gasteiger partial charge >= 0.3 is 5.97 Å². The van der Waals surface area contributed by atoms with Gasteiger partial charge in [0, 0.05) is 0 Å². The molecule has 2 rings (SSSR count). The molecule has 0 bridgehead atoms. The van der Waals surface area contributed by atoms with Gasteiger partial charge < -0.3 is 10.1 Å². The van der Waals surface area contributed by atoms with E-state index in [9.17, 15) is 18.0 Å². The number of esters is 1. The molecule has 0 spiro atoms. The molecule has 1 heterocycles. The van der Waals surface area contributed by atoms with E-state index in [2.05, 4.69) is 10.1 Å². The van der Waals surface area contributed by atoms with Crippen LogP contribution in [0.1, 0.15) is 25.6 Å². The fourth-order valence-corrected chi connectivity index (χ4v) is 3.78. The van der Waals surface area contributed by atoms with Crippen molar-refractivity contribution < 1.29 is 22.7 Å². The number of methoxy groups -OCH3 is 1. The third-order valence-corrected chi connectivity index (χ3v) is 4.97. The first kappa shape index (κ1) is 17.1. The number of anilines is 1. The van der Waals surface area contributed by atoms with E-state index in [1.807, 2.05) is 0 Å². The monoisotopic (exact) mass is 354 g/mol. The molecular weight excluding hydrogens is 340 g/mol. The van der Waals surface area contributed by atoms with Crippen molar-refractivity contribution in [3.63, 3.8) is 0 Å². The van der Waals surface area contributed by atoms with Crippen LogP contribution in [0.2, 0.25) is 0 Å². The lowest BCUT2D eigenvalue weighted by Crippen LogP contribution is -2.19. The summed E-state index contributed by atoms with van der Waals surface area (Å²) in [5.41, 5.74) is 1.21. The van der Waals surface area contributed by atoms with Gasteiger partial charge in [-0.3, -0.25) is 4.79 Å². The molecule has 9 heteroatoms. The SMILES string of the molecule is COC(=O)c1cc(C)ccc1NC(=O)c1sccc1S(N)(=O)=O. The highest BCUT2D eigenvalue weighted by Crippen LogP contribution is 2.24. The normalized spacial score (nSPS) is 11.1. The zero-order chi connectivity index (χ0) is 17.2. The standard InChI is InChI=1S/C14H14N2O5S2/c1-8-3-4-10(9(7-8)14(18)21-2)16-13(17)12-11(5-6-22-12)23(15,19)20/h3-7H,1-2H3,(H,16,17)(H2,15,19,20). The van der Waals surface area contributed by atoms with Gasteiger partial charge in [-0.1, -0.05) is 11.6 Å². The number of nitrogens with two attached hydrogens (primary N) is 1. The molecule has 0 saturated carbocycles. The highest BCUT2D eigenvalue weighted by Gasteiger charge is 2.22. The number of thiophene rings is 1. The predicted molar refractivity (Wildman–Crippen MR) is 86.2 cm³/mol. The first-order valence-corrected chi connectivity index (χ1v) is 8.77. The Labute approximate surface area is 137 Å². The average molecular weight is 354 g/mol. The van der Waals surface area contributed by atoms with Gasteiger partial charge in [0.05, 0.1) is 18.4 Å². The molecule has 3 N–H and O–H groups in total. The average Bonchev–Trinajstić information content (AvgIpc) is 2.98. The molecule has 1 aromatic carbocycles. The molecule has 122 valence electrons. The first-order valence-electron chi connectivity index (χ1n) is 6.34. The molecule has 0 aliphatic rings. The number of benzene rings is 1. The first-order chi connectivity index (χ1) is 10.7. The van der Waals surface area contributed by atoms with Crippen molar-refractivity contribution in [3.05, 3.63) is 45.6 Å². The van der Waals surface area contributed by atoms with Crippen molar-refractivity contribution in [2.75, 3.05) is 12.4 Å². The Morgan fingerprint density at radius 3 is 2.57 bits per heavy atom. The van der Waals surface area contributed by atoms with Crippen molar-refractivity contribution >= 4 is 38.9 Å². The number of primary sulfonamides is 1. The summed E-state index contributed by atoms with van der Waals surface area (Å²) in [5.74, 6) is -1.28. The summed E-state index contributed by atoms with van der Waals surface area (Å²) >= 11 is 0.940. The maximum atomic E-state index is 12.3. The Kier molecular flexibility index (Phi) is 4.83. The minimum Gasteiger partial charge on any atom is -0.465 e. The number of carbonyl (C=O) groups excluding carboxylic acids is 2. The number of carbonyl (C=O) groups is 2. The van der Waals surface area contributed by atoms with Gasteiger partial charge in [-0.2, -0.15) is 0 Å². The van der Waals surface area contributed by atoms with Crippen LogP contribution in [0, 0.1) is 6.92 Å². The zero-order valence-electron chi connectivity index (χ0n) is 12.3.